The van der Waals surface area contributed by atoms with Gasteiger partial charge in [-0.2, -0.15) is 0 Å². The lowest BCUT2D eigenvalue weighted by Crippen LogP contribution is -2.61. The first-order valence-corrected chi connectivity index (χ1v) is 41.5. The summed E-state index contributed by atoms with van der Waals surface area (Å²) in [6, 6.07) is 9.92. The molecule has 33 nitrogen and oxygen atoms in total. The van der Waals surface area contributed by atoms with Crippen LogP contribution < -0.4 is 11.5 Å². The van der Waals surface area contributed by atoms with Crippen molar-refractivity contribution in [1.82, 2.24) is 39.6 Å². The average molecular weight is 1690 g/mol. The summed E-state index contributed by atoms with van der Waals surface area (Å²) in [6.45, 7) is 25.8. The predicted molar refractivity (Wildman–Crippen MR) is 439 cm³/mol. The normalized spacial score (nSPS) is 36.8. The number of benzene rings is 1. The van der Waals surface area contributed by atoms with Crippen LogP contribution in [-0.2, 0) is 82.7 Å². The molecule has 35 heteroatoms. The molecule has 26 atom stereocenters. The maximum absolute atomic E-state index is 16.9. The number of unbranched alkanes of at least 4 members (excludes halogenated alkanes) is 2. The largest absolute Gasteiger partial charge is 0.455 e. The molecule has 2 amide bonds. The minimum atomic E-state index is -3.19. The van der Waals surface area contributed by atoms with Crippen molar-refractivity contribution in [3.05, 3.63) is 64.8 Å². The predicted octanol–water partition coefficient (Wildman–Crippen LogP) is 9.62. The van der Waals surface area contributed by atoms with E-state index in [2.05, 4.69) is 31.2 Å². The summed E-state index contributed by atoms with van der Waals surface area (Å²) in [5.74, 6) is -8.89. The number of nitrogens with zero attached hydrogens (tertiary/aromatic N) is 11. The highest BCUT2D eigenvalue weighted by atomic mass is 19.1. The number of ketones is 4. The van der Waals surface area contributed by atoms with E-state index in [1.54, 1.807) is 98.2 Å². The molecule has 8 unspecified atom stereocenters. The minimum absolute atomic E-state index is 0.0111. The van der Waals surface area contributed by atoms with Crippen LogP contribution in [0.15, 0.2) is 53.8 Å². The van der Waals surface area contributed by atoms with Crippen LogP contribution in [0.3, 0.4) is 0 Å². The molecule has 120 heavy (non-hydrogen) atoms. The number of halogens is 2. The third kappa shape index (κ3) is 22.0. The maximum Gasteiger partial charge on any atom is 0.410 e. The molecule has 6 saturated heterocycles. The van der Waals surface area contributed by atoms with Crippen molar-refractivity contribution in [2.45, 2.75) is 301 Å². The smallest absolute Gasteiger partial charge is 0.410 e. The Labute approximate surface area is 703 Å². The molecular weight excluding hydrogens is 1560 g/mol. The second kappa shape index (κ2) is 41.2. The van der Waals surface area contributed by atoms with E-state index in [1.165, 1.54) is 37.9 Å². The molecule has 6 fully saturated rings. The molecular formula is C85H129F2N13O20. The molecule has 6 N–H and O–H groups in total. The van der Waals surface area contributed by atoms with Crippen molar-refractivity contribution in [3.8, 4) is 23.6 Å². The van der Waals surface area contributed by atoms with Gasteiger partial charge in [-0.3, -0.25) is 23.9 Å². The summed E-state index contributed by atoms with van der Waals surface area (Å²) in [7, 11) is 10.0. The van der Waals surface area contributed by atoms with E-state index in [0.717, 1.165) is 19.4 Å². The number of Topliss-reactive ketones (excluding diaryl/α,β-unsaturated/α-hetero) is 4. The van der Waals surface area contributed by atoms with Crippen LogP contribution in [0.5, 0.6) is 0 Å². The maximum atomic E-state index is 16.9. The summed E-state index contributed by atoms with van der Waals surface area (Å²) in [5, 5.41) is 34.8. The fraction of sp³-hybridized carbons (Fsp3) is 0.729. The quantitative estimate of drug-likeness (QED) is 0.00886. The van der Waals surface area contributed by atoms with Crippen LogP contribution in [0.25, 0.3) is 21.7 Å². The van der Waals surface area contributed by atoms with Gasteiger partial charge in [-0.15, -0.1) is 11.5 Å². The van der Waals surface area contributed by atoms with E-state index >= 15 is 8.78 Å². The number of aliphatic hydroxyl groups is 2. The zero-order valence-corrected chi connectivity index (χ0v) is 73.7. The number of hydrogen-bond donors (Lipinski definition) is 4. The van der Waals surface area contributed by atoms with Gasteiger partial charge < -0.3 is 88.6 Å². The van der Waals surface area contributed by atoms with E-state index in [0.29, 0.717) is 68.0 Å². The number of terminal acetylenes is 1. The highest BCUT2D eigenvalue weighted by molar-refractivity contribution is 6.08. The molecule has 3 aromatic rings. The number of carbonyl (C=O) groups is 8. The first-order valence-electron chi connectivity index (χ1n) is 41.5. The highest BCUT2D eigenvalue weighted by Crippen LogP contribution is 2.47. The van der Waals surface area contributed by atoms with Crippen LogP contribution in [0, 0.1) is 47.9 Å². The molecule has 0 radical (unpaired) electrons. The van der Waals surface area contributed by atoms with Gasteiger partial charge in [0, 0.05) is 104 Å². The number of esters is 2. The van der Waals surface area contributed by atoms with Gasteiger partial charge in [0.05, 0.1) is 53.9 Å². The lowest BCUT2D eigenvalue weighted by atomic mass is 9.73. The Morgan fingerprint density at radius 1 is 0.642 bits per heavy atom. The fourth-order valence-corrected chi connectivity index (χ4v) is 18.3. The van der Waals surface area contributed by atoms with Crippen LogP contribution >= 0.6 is 0 Å². The molecule has 0 aliphatic carbocycles. The first-order chi connectivity index (χ1) is 56.1. The van der Waals surface area contributed by atoms with Crippen LogP contribution in [0.2, 0.25) is 0 Å². The van der Waals surface area contributed by atoms with Crippen LogP contribution in [0.1, 0.15) is 181 Å². The number of alkyl halides is 2. The number of anilines is 2. The fourth-order valence-electron chi connectivity index (χ4n) is 18.3. The third-order valence-corrected chi connectivity index (χ3v) is 25.0. The van der Waals surface area contributed by atoms with Crippen molar-refractivity contribution in [1.29, 1.82) is 0 Å². The van der Waals surface area contributed by atoms with Gasteiger partial charge in [0.1, 0.15) is 53.2 Å². The van der Waals surface area contributed by atoms with Gasteiger partial charge in [-0.1, -0.05) is 89.8 Å². The summed E-state index contributed by atoms with van der Waals surface area (Å²) in [4.78, 5) is 126. The van der Waals surface area contributed by atoms with Crippen molar-refractivity contribution in [2.24, 2.45) is 40.6 Å². The molecule has 6 aliphatic rings. The number of amides is 2. The van der Waals surface area contributed by atoms with E-state index in [1.807, 2.05) is 76.2 Å². The number of pyridine rings is 1. The molecule has 0 spiro atoms. The summed E-state index contributed by atoms with van der Waals surface area (Å²) < 4.78 is 96.0. The van der Waals surface area contributed by atoms with Gasteiger partial charge >= 0.3 is 24.1 Å². The molecule has 2 aromatic heterocycles. The van der Waals surface area contributed by atoms with Gasteiger partial charge in [-0.05, 0) is 178 Å². The number of carbonyl (C=O) groups excluding carboxylic acids is 8. The Morgan fingerprint density at radius 2 is 1.07 bits per heavy atom. The third-order valence-electron chi connectivity index (χ3n) is 25.0. The van der Waals surface area contributed by atoms with Gasteiger partial charge in [-0.25, -0.2) is 32.9 Å². The molecule has 0 bridgehead atoms. The number of rotatable bonds is 21. The molecule has 8 heterocycles. The van der Waals surface area contributed by atoms with Crippen LogP contribution in [0.4, 0.5) is 29.9 Å². The lowest BCUT2D eigenvalue weighted by Gasteiger charge is -2.47. The number of nitrogen functional groups attached to an aromatic ring is 2. The number of azide groups is 1. The van der Waals surface area contributed by atoms with E-state index in [4.69, 9.17) is 70.8 Å². The molecule has 6 aliphatic heterocycles. The van der Waals surface area contributed by atoms with E-state index in [9.17, 15) is 48.6 Å². The monoisotopic (exact) mass is 1690 g/mol. The van der Waals surface area contributed by atoms with Crippen molar-refractivity contribution < 1.29 is 105 Å². The molecule has 1 aromatic carbocycles. The number of fused-ring (bicyclic) bond motifs is 2. The van der Waals surface area contributed by atoms with E-state index in [-0.39, 0.29) is 81.2 Å². The van der Waals surface area contributed by atoms with Crippen molar-refractivity contribution in [2.75, 3.05) is 73.5 Å². The Hall–Kier alpha value is -8.40. The molecule has 0 saturated carbocycles. The number of ether oxygens (including phenoxy) is 10. The van der Waals surface area contributed by atoms with E-state index < -0.39 is 166 Å². The summed E-state index contributed by atoms with van der Waals surface area (Å²) >= 11 is 0. The Bertz CT molecular complexity index is 4150. The number of aromatic nitrogens is 4. The number of nitrogens with two attached hydrogens (primary N) is 2. The highest BCUT2D eigenvalue weighted by Gasteiger charge is 2.65. The summed E-state index contributed by atoms with van der Waals surface area (Å²) in [6.07, 6.45) is -2.11. The summed E-state index contributed by atoms with van der Waals surface area (Å²) in [5.41, 5.74) is 10.1. The number of aryl methyl sites for hydroxylation is 1. The molecule has 9 rings (SSSR count). The number of likely N-dealkylation sites (N-methyl/N-ethyl adjacent to an activating group) is 2. The first kappa shape index (κ1) is 98.7. The lowest BCUT2D eigenvalue weighted by molar-refractivity contribution is -0.295. The van der Waals surface area contributed by atoms with Gasteiger partial charge in [0.25, 0.3) is 11.3 Å². The molecule has 668 valence electrons. The van der Waals surface area contributed by atoms with Gasteiger partial charge in [0.15, 0.2) is 35.3 Å². The number of hydrogen-bond acceptors (Lipinski definition) is 28. The topological polar surface area (TPSA) is 427 Å². The zero-order valence-electron chi connectivity index (χ0n) is 73.7. The minimum Gasteiger partial charge on any atom is -0.455 e. The Balaban J connectivity index is 0.000000302. The standard InChI is InChI=1S/C43H65FN6O10.C35H58FN5O10.C7H6N2/c1-12-32-43(8)35(50(40(55)60-43)19-14-13-18-49-23-30(46-47-49)28-16-15-17-29(45)21-28)26(4)33(51)24(2)22-41(6,56-11)37(27(5)36(53)42(7,44)39(54)58-32)59-38-34(52)31(48(9)10)20-25(3)57-38;1-12-24-35(8)27(41(32(46)51-35)16-14-13-15-38-39-37)21(4)25(42)19(2)18-33(6,47-11)29(22(5)28(44)34(7,36)31(45)49-24)50-30-26(43)23(40(9)10)17-20(3)48-30;1-2-6-4-3-5-7(8)9-6/h15-17,21,23-27,31-32,34-35,37-38,52H,12-14,18-20,22,45H2,1-11H3;19-24,26-27,29-30,43H,12-18H2,1-11H3;1,3-5H,(H2,8,9)/t24-,25?,26+,27+,31?,32-,34?,35-,37-,38?,41+,42+,43-;19-,20?,21+,22+,23?,24-,26?,27-,29-,30?,33+,34+,35-;/m11./s1. The number of cyclic esters (lactones) is 2. The zero-order chi connectivity index (χ0) is 89.8. The second-order valence-electron chi connectivity index (χ2n) is 34.6. The Kier molecular flexibility index (Phi) is 33.9. The number of methoxy groups -OCH3 is 2. The average Bonchev–Trinajstić information content (AvgIpc) is 1.53. The van der Waals surface area contributed by atoms with Crippen LogP contribution in [-0.4, -0.2) is 278 Å². The van der Waals surface area contributed by atoms with Crippen molar-refractivity contribution in [3.63, 3.8) is 0 Å². The number of aliphatic hydroxyl groups excluding tert-OH is 2. The van der Waals surface area contributed by atoms with Gasteiger partial charge in [0.2, 0.25) is 0 Å². The van der Waals surface area contributed by atoms with Crippen molar-refractivity contribution >= 4 is 58.8 Å². The second-order valence-corrected chi connectivity index (χ2v) is 34.6. The SMILES string of the molecule is C#Cc1cccc(N)n1.CC[C@H]1OC(=O)[C@@](C)(F)C(=O)[C@H](C)[C@@H](OC2OC(C)CC(N(C)C)C2O)[C@@](C)(OC)C[C@@H](C)C(=O)[C@H](C)[C@H]2N(CCCCN=[N+]=[N-])C(=O)O[C@]12C.CC[C@H]1OC(=O)[C@@](C)(F)C(=O)[C@H](C)[C@@H](OC2OC(C)CC(N(C)C)C2O)[C@@](C)(OC)C[C@@H](C)C(=O)[C@H](C)[C@H]2N(CCCCn3cc(-c4cccc(N)c4)nn3)C(=O)O[C@]12C. The Morgan fingerprint density at radius 3 is 1.45 bits per heavy atom.